The number of nitrogens with one attached hydrogen (secondary N) is 1. The number of methoxy groups -OCH3 is 1. The lowest BCUT2D eigenvalue weighted by atomic mass is 10.0. The average molecular weight is 250 g/mol. The highest BCUT2D eigenvalue weighted by Gasteiger charge is 2.17. The van der Waals surface area contributed by atoms with Gasteiger partial charge in [-0.25, -0.2) is 0 Å². The first kappa shape index (κ1) is 14.7. The van der Waals surface area contributed by atoms with E-state index in [-0.39, 0.29) is 11.9 Å². The molecule has 1 amide bonds. The molecule has 0 bridgehead atoms. The Morgan fingerprint density at radius 2 is 2.06 bits per heavy atom. The van der Waals surface area contributed by atoms with Crippen LogP contribution in [0.3, 0.4) is 0 Å². The second kappa shape index (κ2) is 7.84. The first-order chi connectivity index (χ1) is 8.69. The maximum Gasteiger partial charge on any atom is 0.237 e. The van der Waals surface area contributed by atoms with Crippen LogP contribution in [0.25, 0.3) is 0 Å². The first-order valence-electron chi connectivity index (χ1n) is 6.28. The van der Waals surface area contributed by atoms with Crippen molar-refractivity contribution >= 4 is 5.91 Å². The largest absolute Gasteiger partial charge is 0.385 e. The summed E-state index contributed by atoms with van der Waals surface area (Å²) in [5, 5.41) is 2.97. The fourth-order valence-corrected chi connectivity index (χ4v) is 1.76. The Labute approximate surface area is 109 Å². The zero-order chi connectivity index (χ0) is 13.4. The van der Waals surface area contributed by atoms with E-state index in [0.29, 0.717) is 13.0 Å². The molecule has 2 atom stereocenters. The van der Waals surface area contributed by atoms with E-state index in [9.17, 15) is 4.79 Å². The van der Waals surface area contributed by atoms with E-state index >= 15 is 0 Å². The minimum absolute atomic E-state index is 0.0206. The Bertz CT molecular complexity index is 354. The molecule has 0 aromatic heterocycles. The SMILES string of the molecule is CCC(NC(=O)C(N)CCOC)c1ccccc1. The molecule has 1 rings (SSSR count). The number of benzene rings is 1. The summed E-state index contributed by atoms with van der Waals surface area (Å²) in [5.41, 5.74) is 6.90. The van der Waals surface area contributed by atoms with Crippen LogP contribution >= 0.6 is 0 Å². The van der Waals surface area contributed by atoms with Gasteiger partial charge in [0, 0.05) is 13.7 Å². The topological polar surface area (TPSA) is 64.4 Å². The van der Waals surface area contributed by atoms with Crippen LogP contribution in [0.15, 0.2) is 30.3 Å². The molecule has 4 nitrogen and oxygen atoms in total. The molecule has 0 aliphatic rings. The highest BCUT2D eigenvalue weighted by atomic mass is 16.5. The van der Waals surface area contributed by atoms with Crippen molar-refractivity contribution in [1.29, 1.82) is 0 Å². The third-order valence-electron chi connectivity index (χ3n) is 2.90. The van der Waals surface area contributed by atoms with Crippen LogP contribution in [0.5, 0.6) is 0 Å². The van der Waals surface area contributed by atoms with Crippen molar-refractivity contribution < 1.29 is 9.53 Å². The van der Waals surface area contributed by atoms with Gasteiger partial charge < -0.3 is 15.8 Å². The summed E-state index contributed by atoms with van der Waals surface area (Å²) < 4.78 is 4.92. The van der Waals surface area contributed by atoms with Crippen LogP contribution in [0.2, 0.25) is 0 Å². The standard InChI is InChI=1S/C14H22N2O2/c1-3-13(11-7-5-4-6-8-11)16-14(17)12(15)9-10-18-2/h4-8,12-13H,3,9-10,15H2,1-2H3,(H,16,17). The molecule has 2 unspecified atom stereocenters. The molecule has 0 spiro atoms. The fraction of sp³-hybridized carbons (Fsp3) is 0.500. The summed E-state index contributed by atoms with van der Waals surface area (Å²) in [6.45, 7) is 2.54. The Balaban J connectivity index is 2.56. The van der Waals surface area contributed by atoms with Crippen molar-refractivity contribution in [2.75, 3.05) is 13.7 Å². The lowest BCUT2D eigenvalue weighted by Crippen LogP contribution is -2.42. The molecule has 100 valence electrons. The summed E-state index contributed by atoms with van der Waals surface area (Å²) in [6, 6.07) is 9.42. The van der Waals surface area contributed by atoms with Gasteiger partial charge in [-0.2, -0.15) is 0 Å². The van der Waals surface area contributed by atoms with E-state index in [1.807, 2.05) is 37.3 Å². The molecule has 3 N–H and O–H groups in total. The summed E-state index contributed by atoms with van der Waals surface area (Å²) in [4.78, 5) is 11.9. The Morgan fingerprint density at radius 1 is 1.39 bits per heavy atom. The number of rotatable bonds is 7. The fourth-order valence-electron chi connectivity index (χ4n) is 1.76. The zero-order valence-corrected chi connectivity index (χ0v) is 11.1. The molecule has 1 aromatic carbocycles. The third-order valence-corrected chi connectivity index (χ3v) is 2.90. The number of hydrogen-bond acceptors (Lipinski definition) is 3. The van der Waals surface area contributed by atoms with E-state index in [1.165, 1.54) is 0 Å². The number of carbonyl (C=O) groups is 1. The van der Waals surface area contributed by atoms with Crippen LogP contribution in [0.4, 0.5) is 0 Å². The number of hydrogen-bond donors (Lipinski definition) is 2. The quantitative estimate of drug-likeness (QED) is 0.773. The van der Waals surface area contributed by atoms with Gasteiger partial charge in [0.25, 0.3) is 0 Å². The Hall–Kier alpha value is -1.39. The van der Waals surface area contributed by atoms with Crippen LogP contribution in [0, 0.1) is 0 Å². The number of nitrogens with two attached hydrogens (primary N) is 1. The van der Waals surface area contributed by atoms with Gasteiger partial charge >= 0.3 is 0 Å². The maximum absolute atomic E-state index is 11.9. The molecular formula is C14H22N2O2. The molecule has 0 saturated heterocycles. The van der Waals surface area contributed by atoms with Crippen molar-refractivity contribution in [3.63, 3.8) is 0 Å². The Morgan fingerprint density at radius 3 is 2.61 bits per heavy atom. The van der Waals surface area contributed by atoms with Crippen molar-refractivity contribution in [2.24, 2.45) is 5.73 Å². The zero-order valence-electron chi connectivity index (χ0n) is 11.1. The van der Waals surface area contributed by atoms with E-state index in [2.05, 4.69) is 5.32 Å². The van der Waals surface area contributed by atoms with Crippen molar-refractivity contribution in [1.82, 2.24) is 5.32 Å². The van der Waals surface area contributed by atoms with Gasteiger partial charge in [0.15, 0.2) is 0 Å². The number of carbonyl (C=O) groups excluding carboxylic acids is 1. The molecule has 0 aliphatic carbocycles. The van der Waals surface area contributed by atoms with E-state index in [0.717, 1.165) is 12.0 Å². The van der Waals surface area contributed by atoms with Crippen LogP contribution in [-0.2, 0) is 9.53 Å². The minimum Gasteiger partial charge on any atom is -0.385 e. The third kappa shape index (κ3) is 4.47. The van der Waals surface area contributed by atoms with E-state index < -0.39 is 6.04 Å². The van der Waals surface area contributed by atoms with Gasteiger partial charge in [-0.3, -0.25) is 4.79 Å². The second-order valence-corrected chi connectivity index (χ2v) is 4.27. The van der Waals surface area contributed by atoms with Crippen LogP contribution < -0.4 is 11.1 Å². The molecule has 0 saturated carbocycles. The van der Waals surface area contributed by atoms with Crippen LogP contribution in [0.1, 0.15) is 31.4 Å². The highest BCUT2D eigenvalue weighted by molar-refractivity contribution is 5.81. The molecule has 0 heterocycles. The Kier molecular flexibility index (Phi) is 6.39. The summed E-state index contributed by atoms with van der Waals surface area (Å²) in [5.74, 6) is -0.122. The maximum atomic E-state index is 11.9. The van der Waals surface area contributed by atoms with E-state index in [1.54, 1.807) is 7.11 Å². The number of amides is 1. The van der Waals surface area contributed by atoms with Gasteiger partial charge in [-0.05, 0) is 18.4 Å². The molecule has 4 heteroatoms. The van der Waals surface area contributed by atoms with Gasteiger partial charge in [0.1, 0.15) is 0 Å². The lowest BCUT2D eigenvalue weighted by Gasteiger charge is -2.20. The van der Waals surface area contributed by atoms with Gasteiger partial charge in [-0.15, -0.1) is 0 Å². The van der Waals surface area contributed by atoms with Crippen LogP contribution in [-0.4, -0.2) is 25.7 Å². The molecule has 18 heavy (non-hydrogen) atoms. The first-order valence-corrected chi connectivity index (χ1v) is 6.28. The van der Waals surface area contributed by atoms with Gasteiger partial charge in [-0.1, -0.05) is 37.3 Å². The average Bonchev–Trinajstić information content (AvgIpc) is 2.42. The van der Waals surface area contributed by atoms with Crippen molar-refractivity contribution in [3.05, 3.63) is 35.9 Å². The molecule has 1 aromatic rings. The van der Waals surface area contributed by atoms with Crippen molar-refractivity contribution in [3.8, 4) is 0 Å². The smallest absolute Gasteiger partial charge is 0.237 e. The van der Waals surface area contributed by atoms with Gasteiger partial charge in [0.05, 0.1) is 12.1 Å². The molecule has 0 aliphatic heterocycles. The van der Waals surface area contributed by atoms with E-state index in [4.69, 9.17) is 10.5 Å². The summed E-state index contributed by atoms with van der Waals surface area (Å²) in [6.07, 6.45) is 1.38. The minimum atomic E-state index is -0.511. The molecule has 0 radical (unpaired) electrons. The monoisotopic (exact) mass is 250 g/mol. The predicted octanol–water partition coefficient (Wildman–Crippen LogP) is 1.62. The van der Waals surface area contributed by atoms with Gasteiger partial charge in [0.2, 0.25) is 5.91 Å². The highest BCUT2D eigenvalue weighted by Crippen LogP contribution is 2.15. The van der Waals surface area contributed by atoms with Crippen molar-refractivity contribution in [2.45, 2.75) is 31.8 Å². The second-order valence-electron chi connectivity index (χ2n) is 4.27. The summed E-state index contributed by atoms with van der Waals surface area (Å²) in [7, 11) is 1.60. The summed E-state index contributed by atoms with van der Waals surface area (Å²) >= 11 is 0. The number of ether oxygens (including phenoxy) is 1. The molecular weight excluding hydrogens is 228 g/mol. The normalized spacial score (nSPS) is 13.9. The molecule has 0 fully saturated rings. The predicted molar refractivity (Wildman–Crippen MR) is 72.1 cm³/mol. The lowest BCUT2D eigenvalue weighted by molar-refractivity contribution is -0.123.